The van der Waals surface area contributed by atoms with Crippen molar-refractivity contribution in [2.45, 2.75) is 0 Å². The van der Waals surface area contributed by atoms with Gasteiger partial charge >= 0.3 is 0 Å². The van der Waals surface area contributed by atoms with E-state index >= 15 is 0 Å². The molecule has 1 aliphatic rings. The van der Waals surface area contributed by atoms with Gasteiger partial charge in [-0.3, -0.25) is 4.79 Å². The molecule has 9 heteroatoms. The van der Waals surface area contributed by atoms with Crippen molar-refractivity contribution in [3.63, 3.8) is 0 Å². The minimum absolute atomic E-state index is 0.0168. The molecule has 1 aliphatic heterocycles. The van der Waals surface area contributed by atoms with Crippen LogP contribution >= 0.6 is 0 Å². The summed E-state index contributed by atoms with van der Waals surface area (Å²) in [4.78, 5) is 15.7. The number of halogens is 3. The van der Waals surface area contributed by atoms with Crippen molar-refractivity contribution >= 4 is 17.4 Å². The number of hydrogen-bond donors (Lipinski definition) is 2. The molecule has 27 heavy (non-hydrogen) atoms. The van der Waals surface area contributed by atoms with Gasteiger partial charge in [0.2, 0.25) is 0 Å². The summed E-state index contributed by atoms with van der Waals surface area (Å²) in [5, 5.41) is 0. The number of fused-ring (bicyclic) bond motifs is 1. The molecule has 0 atom stereocenters. The van der Waals surface area contributed by atoms with Gasteiger partial charge < -0.3 is 20.9 Å². The van der Waals surface area contributed by atoms with Crippen LogP contribution in [0.5, 0.6) is 11.5 Å². The molecule has 2 aromatic carbocycles. The van der Waals surface area contributed by atoms with Crippen molar-refractivity contribution in [1.82, 2.24) is 0 Å². The number of rotatable bonds is 3. The number of amides is 1. The molecule has 4 N–H and O–H groups in total. The van der Waals surface area contributed by atoms with E-state index in [1.165, 1.54) is 25.3 Å². The lowest BCUT2D eigenvalue weighted by Crippen LogP contribution is -2.24. The maximum atomic E-state index is 14.3. The first-order valence-electron chi connectivity index (χ1n) is 7.66. The van der Waals surface area contributed by atoms with Gasteiger partial charge in [-0.2, -0.15) is 4.99 Å². The highest BCUT2D eigenvalue weighted by atomic mass is 19.1. The molecule has 6 nitrogen and oxygen atoms in total. The number of hydrogen-bond acceptors (Lipinski definition) is 3. The molecule has 0 radical (unpaired) electrons. The standard InChI is InChI=1S/C18H14F3N3O3/c1-26-14-7-15-10(6-11(14)17(25)24-18(22)23)9(2-3-27-15)16-12(20)4-8(19)5-13(16)21/h2,4-7H,3H2,1H3,(H4,22,23,24,25). The summed E-state index contributed by atoms with van der Waals surface area (Å²) in [6.45, 7) is 0.0168. The summed E-state index contributed by atoms with van der Waals surface area (Å²) in [6, 6.07) is 3.83. The first-order valence-corrected chi connectivity index (χ1v) is 7.66. The van der Waals surface area contributed by atoms with Gasteiger partial charge in [0.05, 0.1) is 18.2 Å². The van der Waals surface area contributed by atoms with E-state index in [-0.39, 0.29) is 34.8 Å². The minimum Gasteiger partial charge on any atom is -0.496 e. The summed E-state index contributed by atoms with van der Waals surface area (Å²) in [6.07, 6.45) is 1.42. The highest BCUT2D eigenvalue weighted by Gasteiger charge is 2.26. The Morgan fingerprint density at radius 2 is 1.81 bits per heavy atom. The van der Waals surface area contributed by atoms with Gasteiger partial charge in [0.15, 0.2) is 5.96 Å². The lowest BCUT2D eigenvalue weighted by molar-refractivity contribution is 0.0999. The molecule has 140 valence electrons. The van der Waals surface area contributed by atoms with Gasteiger partial charge in [0, 0.05) is 23.8 Å². The molecule has 3 rings (SSSR count). The van der Waals surface area contributed by atoms with Crippen molar-refractivity contribution < 1.29 is 27.4 Å². The molecule has 0 aliphatic carbocycles. The summed E-state index contributed by atoms with van der Waals surface area (Å²) in [5.74, 6) is -4.13. The predicted molar refractivity (Wildman–Crippen MR) is 92.0 cm³/mol. The number of aliphatic imine (C=N–C) groups is 1. The number of carbonyl (C=O) groups excluding carboxylic acids is 1. The third-order valence-corrected chi connectivity index (χ3v) is 3.86. The fourth-order valence-corrected chi connectivity index (χ4v) is 2.77. The molecule has 0 saturated heterocycles. The van der Waals surface area contributed by atoms with E-state index in [4.69, 9.17) is 20.9 Å². The Hall–Kier alpha value is -3.49. The normalized spacial score (nSPS) is 12.5. The second kappa shape index (κ2) is 7.02. The molecule has 0 fully saturated rings. The van der Waals surface area contributed by atoms with E-state index in [0.29, 0.717) is 12.1 Å². The quantitative estimate of drug-likeness (QED) is 0.632. The van der Waals surface area contributed by atoms with Crippen LogP contribution in [0, 0.1) is 17.5 Å². The maximum absolute atomic E-state index is 14.3. The van der Waals surface area contributed by atoms with E-state index in [1.807, 2.05) is 0 Å². The van der Waals surface area contributed by atoms with Crippen LogP contribution in [0.3, 0.4) is 0 Å². The number of guanidine groups is 1. The van der Waals surface area contributed by atoms with E-state index in [9.17, 15) is 18.0 Å². The average Bonchev–Trinajstić information content (AvgIpc) is 2.59. The van der Waals surface area contributed by atoms with Gasteiger partial charge in [-0.05, 0) is 17.7 Å². The molecule has 0 bridgehead atoms. The molecule has 0 aromatic heterocycles. The zero-order valence-electron chi connectivity index (χ0n) is 14.1. The Morgan fingerprint density at radius 3 is 2.41 bits per heavy atom. The second-order valence-corrected chi connectivity index (χ2v) is 5.56. The van der Waals surface area contributed by atoms with Crippen LogP contribution < -0.4 is 20.9 Å². The molecule has 0 unspecified atom stereocenters. The fraction of sp³-hybridized carbons (Fsp3) is 0.111. The molecular weight excluding hydrogens is 363 g/mol. The smallest absolute Gasteiger partial charge is 0.283 e. The van der Waals surface area contributed by atoms with Crippen LogP contribution in [-0.4, -0.2) is 25.6 Å². The molecule has 1 heterocycles. The molecule has 1 amide bonds. The molecule has 2 aromatic rings. The van der Waals surface area contributed by atoms with Crippen molar-refractivity contribution in [2.75, 3.05) is 13.7 Å². The van der Waals surface area contributed by atoms with Crippen LogP contribution in [-0.2, 0) is 0 Å². The zero-order valence-corrected chi connectivity index (χ0v) is 14.1. The topological polar surface area (TPSA) is 99.9 Å². The number of benzene rings is 2. The minimum atomic E-state index is -1.08. The molecule has 0 saturated carbocycles. The molecular formula is C18H14F3N3O3. The van der Waals surface area contributed by atoms with Crippen molar-refractivity contribution in [3.05, 3.63) is 64.5 Å². The number of nitrogens with zero attached hydrogens (tertiary/aromatic N) is 1. The lowest BCUT2D eigenvalue weighted by Gasteiger charge is -2.21. The monoisotopic (exact) mass is 377 g/mol. The highest BCUT2D eigenvalue weighted by molar-refractivity contribution is 6.05. The maximum Gasteiger partial charge on any atom is 0.283 e. The van der Waals surface area contributed by atoms with Crippen LogP contribution in [0.15, 0.2) is 35.3 Å². The van der Waals surface area contributed by atoms with Crippen molar-refractivity contribution in [3.8, 4) is 11.5 Å². The number of methoxy groups -OCH3 is 1. The fourth-order valence-electron chi connectivity index (χ4n) is 2.77. The Bertz CT molecular complexity index is 976. The summed E-state index contributed by atoms with van der Waals surface area (Å²) < 4.78 is 52.4. The number of carbonyl (C=O) groups is 1. The van der Waals surface area contributed by atoms with E-state index in [1.54, 1.807) is 0 Å². The third-order valence-electron chi connectivity index (χ3n) is 3.86. The lowest BCUT2D eigenvalue weighted by atomic mass is 9.92. The van der Waals surface area contributed by atoms with Crippen LogP contribution in [0.2, 0.25) is 0 Å². The van der Waals surface area contributed by atoms with Gasteiger partial charge in [-0.15, -0.1) is 0 Å². The SMILES string of the molecule is COc1cc2c(cc1C(=O)N=C(N)N)C(c1c(F)cc(F)cc1F)=CCO2. The zero-order chi connectivity index (χ0) is 19.7. The summed E-state index contributed by atoms with van der Waals surface area (Å²) in [5.41, 5.74) is 10.3. The average molecular weight is 377 g/mol. The number of nitrogens with two attached hydrogens (primary N) is 2. The Labute approximate surface area is 151 Å². The van der Waals surface area contributed by atoms with Crippen LogP contribution in [0.1, 0.15) is 21.5 Å². The van der Waals surface area contributed by atoms with Gasteiger partial charge in [-0.25, -0.2) is 13.2 Å². The Morgan fingerprint density at radius 1 is 1.15 bits per heavy atom. The van der Waals surface area contributed by atoms with Gasteiger partial charge in [-0.1, -0.05) is 0 Å². The first-order chi connectivity index (χ1) is 12.8. The largest absolute Gasteiger partial charge is 0.496 e. The number of ether oxygens (including phenoxy) is 2. The summed E-state index contributed by atoms with van der Waals surface area (Å²) in [7, 11) is 1.33. The van der Waals surface area contributed by atoms with Crippen LogP contribution in [0.4, 0.5) is 13.2 Å². The summed E-state index contributed by atoms with van der Waals surface area (Å²) >= 11 is 0. The van der Waals surface area contributed by atoms with Crippen molar-refractivity contribution in [2.24, 2.45) is 16.5 Å². The second-order valence-electron chi connectivity index (χ2n) is 5.56. The Kier molecular flexibility index (Phi) is 4.76. The van der Waals surface area contributed by atoms with Crippen LogP contribution in [0.25, 0.3) is 5.57 Å². The van der Waals surface area contributed by atoms with Crippen molar-refractivity contribution in [1.29, 1.82) is 0 Å². The predicted octanol–water partition coefficient (Wildman–Crippen LogP) is 2.35. The van der Waals surface area contributed by atoms with E-state index < -0.39 is 34.9 Å². The highest BCUT2D eigenvalue weighted by Crippen LogP contribution is 2.40. The first kappa shape index (κ1) is 18.3. The van der Waals surface area contributed by atoms with Gasteiger partial charge in [0.1, 0.15) is 35.6 Å². The third kappa shape index (κ3) is 3.43. The van der Waals surface area contributed by atoms with Gasteiger partial charge in [0.25, 0.3) is 5.91 Å². The Balaban J connectivity index is 2.21. The van der Waals surface area contributed by atoms with E-state index in [0.717, 1.165) is 0 Å². The molecule has 0 spiro atoms. The van der Waals surface area contributed by atoms with E-state index in [2.05, 4.69) is 4.99 Å².